The van der Waals surface area contributed by atoms with E-state index in [0.29, 0.717) is 63.2 Å². The van der Waals surface area contributed by atoms with E-state index in [1.165, 1.54) is 0 Å². The molecule has 9 nitrogen and oxygen atoms in total. The van der Waals surface area contributed by atoms with Crippen LogP contribution in [0.2, 0.25) is 0 Å². The zero-order valence-corrected chi connectivity index (χ0v) is 18.2. The average molecular weight is 448 g/mol. The first-order valence-corrected chi connectivity index (χ1v) is 10.9. The molecule has 2 saturated heterocycles. The minimum absolute atomic E-state index is 0.00752. The number of halogens is 1. The highest BCUT2D eigenvalue weighted by Gasteiger charge is 2.25. The zero-order valence-electron chi connectivity index (χ0n) is 18.2. The van der Waals surface area contributed by atoms with Gasteiger partial charge in [0.1, 0.15) is 18.5 Å². The monoisotopic (exact) mass is 447 g/mol. The molecule has 3 heterocycles. The Morgan fingerprint density at radius 2 is 2.09 bits per heavy atom. The number of rotatable bonds is 9. The quantitative estimate of drug-likeness (QED) is 0.525. The second kappa shape index (κ2) is 10.9. The number of likely N-dealkylation sites (N-methyl/N-ethyl adjacent to an activating group) is 1. The average Bonchev–Trinajstić information content (AvgIpc) is 3.33. The van der Waals surface area contributed by atoms with Gasteiger partial charge < -0.3 is 34.9 Å². The van der Waals surface area contributed by atoms with Gasteiger partial charge in [0, 0.05) is 31.8 Å². The van der Waals surface area contributed by atoms with Crippen molar-refractivity contribution < 1.29 is 23.7 Å². The molecule has 2 fully saturated rings. The number of nitrogens with zero attached hydrogens (tertiary/aromatic N) is 3. The second-order valence-corrected chi connectivity index (χ2v) is 7.89. The van der Waals surface area contributed by atoms with E-state index in [-0.39, 0.29) is 24.3 Å². The predicted octanol–water partition coefficient (Wildman–Crippen LogP) is 1.28. The molecule has 0 spiro atoms. The normalized spacial score (nSPS) is 19.7. The van der Waals surface area contributed by atoms with E-state index in [1.807, 2.05) is 17.0 Å². The summed E-state index contributed by atoms with van der Waals surface area (Å²) in [6.07, 6.45) is 0.173. The first-order valence-electron chi connectivity index (χ1n) is 10.9. The third-order valence-corrected chi connectivity index (χ3v) is 5.39. The standard InChI is InChI=1S/C22H30FN5O4/c1-24-12-17(29)14-32-18-4-2-3-15(11-18)20-26-21(25-16-5-8-31-13-16)19(23)22(27-20)28-6-9-30-10-7-28/h2-4,11,16-17,24,29H,5-10,12-14H2,1H3,(H,25,26,27)/t16-,17?/m1/s1. The number of benzene rings is 1. The van der Waals surface area contributed by atoms with E-state index in [9.17, 15) is 5.11 Å². The Morgan fingerprint density at radius 3 is 2.84 bits per heavy atom. The summed E-state index contributed by atoms with van der Waals surface area (Å²) < 4.78 is 31.9. The van der Waals surface area contributed by atoms with Gasteiger partial charge in [-0.25, -0.2) is 9.97 Å². The van der Waals surface area contributed by atoms with E-state index in [1.54, 1.807) is 19.2 Å². The van der Waals surface area contributed by atoms with Gasteiger partial charge in [0.25, 0.3) is 0 Å². The molecule has 0 saturated carbocycles. The first-order chi connectivity index (χ1) is 15.6. The van der Waals surface area contributed by atoms with Crippen molar-refractivity contribution in [3.63, 3.8) is 0 Å². The lowest BCUT2D eigenvalue weighted by atomic mass is 10.2. The Bertz CT molecular complexity index is 891. The third-order valence-electron chi connectivity index (χ3n) is 5.39. The van der Waals surface area contributed by atoms with E-state index in [4.69, 9.17) is 14.2 Å². The number of morpholine rings is 1. The topological polar surface area (TPSA) is 101 Å². The summed E-state index contributed by atoms with van der Waals surface area (Å²) in [5, 5.41) is 16.0. The van der Waals surface area contributed by atoms with Gasteiger partial charge in [-0.05, 0) is 25.6 Å². The summed E-state index contributed by atoms with van der Waals surface area (Å²) in [6, 6.07) is 7.29. The molecule has 2 aliphatic heterocycles. The molecule has 174 valence electrons. The van der Waals surface area contributed by atoms with Crippen molar-refractivity contribution in [1.29, 1.82) is 0 Å². The molecule has 0 bridgehead atoms. The van der Waals surface area contributed by atoms with Gasteiger partial charge in [0.2, 0.25) is 5.82 Å². The number of anilines is 2. The molecule has 0 radical (unpaired) electrons. The summed E-state index contributed by atoms with van der Waals surface area (Å²) in [7, 11) is 1.77. The number of aromatic nitrogens is 2. The lowest BCUT2D eigenvalue weighted by molar-refractivity contribution is 0.108. The van der Waals surface area contributed by atoms with Crippen LogP contribution in [0.4, 0.5) is 16.0 Å². The van der Waals surface area contributed by atoms with E-state index >= 15 is 4.39 Å². The molecular weight excluding hydrogens is 417 g/mol. The molecule has 4 rings (SSSR count). The van der Waals surface area contributed by atoms with Gasteiger partial charge in [0.15, 0.2) is 17.5 Å². The van der Waals surface area contributed by atoms with Gasteiger partial charge >= 0.3 is 0 Å². The number of aliphatic hydroxyl groups excluding tert-OH is 1. The van der Waals surface area contributed by atoms with E-state index in [2.05, 4.69) is 20.6 Å². The highest BCUT2D eigenvalue weighted by atomic mass is 19.1. The van der Waals surface area contributed by atoms with Gasteiger partial charge in [0.05, 0.1) is 25.9 Å². The van der Waals surface area contributed by atoms with Crippen LogP contribution in [-0.2, 0) is 9.47 Å². The van der Waals surface area contributed by atoms with Crippen molar-refractivity contribution >= 4 is 11.6 Å². The summed E-state index contributed by atoms with van der Waals surface area (Å²) in [6.45, 7) is 3.92. The maximum Gasteiger partial charge on any atom is 0.207 e. The first kappa shape index (κ1) is 22.7. The third kappa shape index (κ3) is 5.63. The van der Waals surface area contributed by atoms with Gasteiger partial charge in [-0.1, -0.05) is 12.1 Å². The fourth-order valence-corrected chi connectivity index (χ4v) is 3.70. The summed E-state index contributed by atoms with van der Waals surface area (Å²) in [5.74, 6) is 0.941. The molecule has 2 aromatic rings. The molecule has 1 aromatic carbocycles. The number of nitrogens with one attached hydrogen (secondary N) is 2. The molecular formula is C22H30FN5O4. The number of aliphatic hydroxyl groups is 1. The fraction of sp³-hybridized carbons (Fsp3) is 0.545. The Kier molecular flexibility index (Phi) is 7.69. The predicted molar refractivity (Wildman–Crippen MR) is 119 cm³/mol. The Balaban J connectivity index is 1.62. The molecule has 2 atom stereocenters. The maximum absolute atomic E-state index is 15.4. The van der Waals surface area contributed by atoms with Gasteiger partial charge in [-0.2, -0.15) is 4.39 Å². The molecule has 0 aliphatic carbocycles. The lowest BCUT2D eigenvalue weighted by Crippen LogP contribution is -2.37. The second-order valence-electron chi connectivity index (χ2n) is 7.89. The van der Waals surface area contributed by atoms with Crippen molar-refractivity contribution in [3.05, 3.63) is 30.1 Å². The van der Waals surface area contributed by atoms with Crippen LogP contribution in [0.3, 0.4) is 0 Å². The highest BCUT2D eigenvalue weighted by molar-refractivity contribution is 5.64. The van der Waals surface area contributed by atoms with Crippen molar-refractivity contribution in [2.75, 3.05) is 69.9 Å². The van der Waals surface area contributed by atoms with Crippen molar-refractivity contribution in [2.24, 2.45) is 0 Å². The Labute approximate surface area is 186 Å². The minimum atomic E-state index is -0.622. The zero-order chi connectivity index (χ0) is 22.3. The summed E-state index contributed by atoms with van der Waals surface area (Å²) in [4.78, 5) is 11.0. The van der Waals surface area contributed by atoms with Crippen LogP contribution in [0.25, 0.3) is 11.4 Å². The van der Waals surface area contributed by atoms with Crippen LogP contribution in [-0.4, -0.2) is 86.9 Å². The van der Waals surface area contributed by atoms with Gasteiger partial charge in [-0.15, -0.1) is 0 Å². The number of hydrogen-bond donors (Lipinski definition) is 3. The SMILES string of the molecule is CNCC(O)COc1cccc(-c2nc(N[C@@H]3CCOC3)c(F)c(N3CCOCC3)n2)c1. The van der Waals surface area contributed by atoms with E-state index < -0.39 is 11.9 Å². The minimum Gasteiger partial charge on any atom is -0.491 e. The summed E-state index contributed by atoms with van der Waals surface area (Å²) in [5.41, 5.74) is 0.700. The van der Waals surface area contributed by atoms with Crippen molar-refractivity contribution in [3.8, 4) is 17.1 Å². The van der Waals surface area contributed by atoms with Crippen LogP contribution >= 0.6 is 0 Å². The van der Waals surface area contributed by atoms with Crippen LogP contribution in [0.15, 0.2) is 24.3 Å². The largest absolute Gasteiger partial charge is 0.491 e. The Hall–Kier alpha value is -2.53. The molecule has 1 aromatic heterocycles. The molecule has 10 heteroatoms. The molecule has 1 unspecified atom stereocenters. The lowest BCUT2D eigenvalue weighted by Gasteiger charge is -2.29. The highest BCUT2D eigenvalue weighted by Crippen LogP contribution is 2.30. The van der Waals surface area contributed by atoms with E-state index in [0.717, 1.165) is 6.42 Å². The van der Waals surface area contributed by atoms with Crippen molar-refractivity contribution in [1.82, 2.24) is 15.3 Å². The smallest absolute Gasteiger partial charge is 0.207 e. The Morgan fingerprint density at radius 1 is 1.25 bits per heavy atom. The molecule has 2 aliphatic rings. The van der Waals surface area contributed by atoms with Crippen LogP contribution in [0.1, 0.15) is 6.42 Å². The maximum atomic E-state index is 15.4. The van der Waals surface area contributed by atoms with Crippen LogP contribution in [0.5, 0.6) is 5.75 Å². The van der Waals surface area contributed by atoms with Gasteiger partial charge in [-0.3, -0.25) is 0 Å². The fourth-order valence-electron chi connectivity index (χ4n) is 3.70. The molecule has 3 N–H and O–H groups in total. The van der Waals surface area contributed by atoms with Crippen LogP contribution < -0.4 is 20.3 Å². The molecule has 32 heavy (non-hydrogen) atoms. The number of hydrogen-bond acceptors (Lipinski definition) is 9. The summed E-state index contributed by atoms with van der Waals surface area (Å²) >= 11 is 0. The van der Waals surface area contributed by atoms with Crippen LogP contribution in [0, 0.1) is 5.82 Å². The molecule has 0 amide bonds. The number of ether oxygens (including phenoxy) is 3. The van der Waals surface area contributed by atoms with Crippen molar-refractivity contribution in [2.45, 2.75) is 18.6 Å².